The Bertz CT molecular complexity index is 60.4. The summed E-state index contributed by atoms with van der Waals surface area (Å²) in [6, 6.07) is 0. The maximum absolute atomic E-state index is 4.65. The van der Waals surface area contributed by atoms with Crippen LogP contribution in [0.5, 0.6) is 0 Å². The summed E-state index contributed by atoms with van der Waals surface area (Å²) in [5.74, 6) is 0.927. The molecule has 0 N–H and O–H groups in total. The van der Waals surface area contributed by atoms with Crippen LogP contribution < -0.4 is 0 Å². The van der Waals surface area contributed by atoms with Crippen molar-refractivity contribution in [1.82, 2.24) is 0 Å². The molecular weight excluding hydrogens is 380 g/mol. The van der Waals surface area contributed by atoms with Crippen molar-refractivity contribution in [2.75, 3.05) is 24.2 Å². The predicted octanol–water partition coefficient (Wildman–Crippen LogP) is 3.59. The molecule has 13 heavy (non-hydrogen) atoms. The van der Waals surface area contributed by atoms with Gasteiger partial charge in [0, 0.05) is 0 Å². The zero-order valence-corrected chi connectivity index (χ0v) is 13.4. The zero-order chi connectivity index (χ0) is 9.82. The minimum Gasteiger partial charge on any atom is -0.793 e. The average molecular weight is 405 g/mol. The van der Waals surface area contributed by atoms with E-state index in [1.54, 1.807) is 0 Å². The van der Waals surface area contributed by atoms with E-state index in [2.05, 4.69) is 40.3 Å². The van der Waals surface area contributed by atoms with E-state index in [0.717, 1.165) is 5.75 Å². The van der Waals surface area contributed by atoms with Gasteiger partial charge in [0.25, 0.3) is 0 Å². The SMILES string of the molecule is CCCC[S-].CC[PH+](CC)CC.[Au+]. The molecule has 0 aliphatic heterocycles. The van der Waals surface area contributed by atoms with Gasteiger partial charge >= 0.3 is 22.4 Å². The molecular formula is C10H25AuPS+. The van der Waals surface area contributed by atoms with Crippen molar-refractivity contribution in [3.05, 3.63) is 0 Å². The molecule has 0 aliphatic rings. The monoisotopic (exact) mass is 405 g/mol. The fourth-order valence-corrected chi connectivity index (χ4v) is 2.68. The number of hydrogen-bond acceptors (Lipinski definition) is 1. The molecule has 0 atom stereocenters. The van der Waals surface area contributed by atoms with E-state index in [1.807, 2.05) is 0 Å². The van der Waals surface area contributed by atoms with Gasteiger partial charge in [-0.1, -0.05) is 19.8 Å². The van der Waals surface area contributed by atoms with Crippen LogP contribution in [0.4, 0.5) is 0 Å². The Hall–Kier alpha value is 1.52. The van der Waals surface area contributed by atoms with Gasteiger partial charge in [-0.2, -0.15) is 5.75 Å². The van der Waals surface area contributed by atoms with E-state index in [9.17, 15) is 0 Å². The van der Waals surface area contributed by atoms with Crippen molar-refractivity contribution in [1.29, 1.82) is 0 Å². The fourth-order valence-electron chi connectivity index (χ4n) is 0.894. The Kier molecular flexibility index (Phi) is 29.5. The van der Waals surface area contributed by atoms with Gasteiger partial charge in [0.05, 0.1) is 18.5 Å². The van der Waals surface area contributed by atoms with Gasteiger partial charge in [-0.05, 0) is 28.7 Å². The van der Waals surface area contributed by atoms with Gasteiger partial charge in [-0.25, -0.2) is 0 Å². The molecule has 0 amide bonds. The molecule has 0 heterocycles. The van der Waals surface area contributed by atoms with Crippen LogP contribution >= 0.6 is 7.92 Å². The molecule has 0 spiro atoms. The van der Waals surface area contributed by atoms with E-state index in [1.165, 1.54) is 31.3 Å². The van der Waals surface area contributed by atoms with Gasteiger partial charge in [0.15, 0.2) is 0 Å². The van der Waals surface area contributed by atoms with Crippen molar-refractivity contribution in [3.8, 4) is 0 Å². The maximum atomic E-state index is 4.65. The van der Waals surface area contributed by atoms with Crippen LogP contribution in [0.15, 0.2) is 0 Å². The first kappa shape index (κ1) is 20.0. The van der Waals surface area contributed by atoms with E-state index < -0.39 is 0 Å². The van der Waals surface area contributed by atoms with E-state index >= 15 is 0 Å². The first-order valence-corrected chi connectivity index (χ1v) is 7.88. The molecule has 0 bridgehead atoms. The van der Waals surface area contributed by atoms with E-state index in [0.29, 0.717) is 0 Å². The van der Waals surface area contributed by atoms with Crippen molar-refractivity contribution in [2.24, 2.45) is 0 Å². The Morgan fingerprint density at radius 3 is 1.31 bits per heavy atom. The van der Waals surface area contributed by atoms with Crippen LogP contribution in [0, 0.1) is 0 Å². The molecule has 0 saturated carbocycles. The van der Waals surface area contributed by atoms with Gasteiger partial charge in [0.1, 0.15) is 0 Å². The molecule has 0 aromatic rings. The maximum Gasteiger partial charge on any atom is 1.00 e. The Morgan fingerprint density at radius 2 is 1.31 bits per heavy atom. The minimum absolute atomic E-state index is 0. The fraction of sp³-hybridized carbons (Fsp3) is 1.00. The third-order valence-electron chi connectivity index (χ3n) is 2.00. The summed E-state index contributed by atoms with van der Waals surface area (Å²) in [5, 5.41) is 0. The standard InChI is InChI=1S/C6H15P.C4H10S.Au/c1-4-7(5-2)6-3;1-2-3-4-5;/h4-6H2,1-3H3;5H,2-4H2,1H3;/q;;+1. The van der Waals surface area contributed by atoms with Crippen molar-refractivity contribution in [3.63, 3.8) is 0 Å². The summed E-state index contributed by atoms with van der Waals surface area (Å²) in [6.45, 7) is 9.07. The number of rotatable bonds is 5. The van der Waals surface area contributed by atoms with Crippen molar-refractivity contribution in [2.45, 2.75) is 40.5 Å². The second kappa shape index (κ2) is 19.1. The van der Waals surface area contributed by atoms with Crippen LogP contribution in [0.2, 0.25) is 0 Å². The minimum atomic E-state index is 0. The zero-order valence-electron chi connectivity index (χ0n) is 9.45. The summed E-state index contributed by atoms with van der Waals surface area (Å²) >= 11 is 4.65. The molecule has 0 saturated heterocycles. The molecule has 0 rings (SSSR count). The average Bonchev–Trinajstić information content (AvgIpc) is 2.10. The summed E-state index contributed by atoms with van der Waals surface area (Å²) in [5.41, 5.74) is 0. The molecule has 0 aromatic heterocycles. The van der Waals surface area contributed by atoms with E-state index in [4.69, 9.17) is 0 Å². The van der Waals surface area contributed by atoms with Crippen LogP contribution in [-0.4, -0.2) is 24.2 Å². The Morgan fingerprint density at radius 1 is 0.923 bits per heavy atom. The second-order valence-electron chi connectivity index (χ2n) is 2.87. The number of unbranched alkanes of at least 4 members (excludes halogenated alkanes) is 1. The topological polar surface area (TPSA) is 0 Å². The summed E-state index contributed by atoms with van der Waals surface area (Å²) < 4.78 is 0. The predicted molar refractivity (Wildman–Crippen MR) is 67.1 cm³/mol. The molecule has 0 nitrogen and oxygen atoms in total. The first-order valence-electron chi connectivity index (χ1n) is 5.18. The van der Waals surface area contributed by atoms with Crippen LogP contribution in [0.25, 0.3) is 0 Å². The smallest absolute Gasteiger partial charge is 0.793 e. The Labute approximate surface area is 107 Å². The van der Waals surface area contributed by atoms with Crippen LogP contribution in [0.3, 0.4) is 0 Å². The Balaban J connectivity index is -0.000000150. The van der Waals surface area contributed by atoms with Gasteiger partial charge < -0.3 is 12.6 Å². The summed E-state index contributed by atoms with van der Waals surface area (Å²) in [6.07, 6.45) is 6.81. The van der Waals surface area contributed by atoms with Crippen LogP contribution in [0.1, 0.15) is 40.5 Å². The molecule has 0 aliphatic carbocycles. The van der Waals surface area contributed by atoms with Crippen molar-refractivity contribution >= 4 is 20.6 Å². The summed E-state index contributed by atoms with van der Waals surface area (Å²) in [7, 11) is 0.137. The molecule has 0 aromatic carbocycles. The molecule has 86 valence electrons. The largest absolute Gasteiger partial charge is 1.00 e. The van der Waals surface area contributed by atoms with Crippen molar-refractivity contribution < 1.29 is 22.4 Å². The molecule has 3 heteroatoms. The molecule has 0 radical (unpaired) electrons. The van der Waals surface area contributed by atoms with Gasteiger partial charge in [-0.15, -0.1) is 0 Å². The normalized spacial score (nSPS) is 8.77. The van der Waals surface area contributed by atoms with Gasteiger partial charge in [-0.3, -0.25) is 0 Å². The molecule has 0 unspecified atom stereocenters. The third kappa shape index (κ3) is 19.8. The number of hydrogen-bond donors (Lipinski definition) is 0. The third-order valence-corrected chi connectivity index (χ3v) is 5.29. The molecule has 0 fully saturated rings. The van der Waals surface area contributed by atoms with Crippen LogP contribution in [-0.2, 0) is 35.0 Å². The van der Waals surface area contributed by atoms with Gasteiger partial charge in [0.2, 0.25) is 0 Å². The summed E-state index contributed by atoms with van der Waals surface area (Å²) in [4.78, 5) is 0. The quantitative estimate of drug-likeness (QED) is 0.383. The first-order chi connectivity index (χ1) is 5.76. The second-order valence-corrected chi connectivity index (χ2v) is 6.90. The van der Waals surface area contributed by atoms with E-state index in [-0.39, 0.29) is 30.3 Å².